The molecule has 0 saturated heterocycles. The lowest BCUT2D eigenvalue weighted by Gasteiger charge is -2.25. The minimum atomic E-state index is -3.88. The molecule has 0 radical (unpaired) electrons. The van der Waals surface area contributed by atoms with E-state index in [-0.39, 0.29) is 24.3 Å². The van der Waals surface area contributed by atoms with Crippen molar-refractivity contribution in [1.82, 2.24) is 0 Å². The van der Waals surface area contributed by atoms with Crippen LogP contribution in [0.5, 0.6) is 0 Å². The highest BCUT2D eigenvalue weighted by Gasteiger charge is 2.25. The molecule has 0 aliphatic heterocycles. The fourth-order valence-electron chi connectivity index (χ4n) is 2.28. The first kappa shape index (κ1) is 19.6. The van der Waals surface area contributed by atoms with Gasteiger partial charge in [-0.3, -0.25) is 9.10 Å². The highest BCUT2D eigenvalue weighted by molar-refractivity contribution is 7.92. The Morgan fingerprint density at radius 3 is 2.16 bits per heavy atom. The van der Waals surface area contributed by atoms with Crippen molar-refractivity contribution >= 4 is 44.9 Å². The minimum Gasteiger partial charge on any atom is -0.481 e. The number of benzene rings is 2. The Kier molecular flexibility index (Phi) is 6.32. The number of hydrogen-bond acceptors (Lipinski definition) is 3. The maximum atomic E-state index is 13.0. The molecular weight excluding hydrogens is 385 g/mol. The van der Waals surface area contributed by atoms with Crippen LogP contribution < -0.4 is 4.31 Å². The first-order valence-electron chi connectivity index (χ1n) is 7.47. The summed E-state index contributed by atoms with van der Waals surface area (Å²) >= 11 is 12.0. The van der Waals surface area contributed by atoms with Crippen molar-refractivity contribution < 1.29 is 18.3 Å². The zero-order valence-corrected chi connectivity index (χ0v) is 15.8. The molecule has 0 unspecified atom stereocenters. The first-order chi connectivity index (χ1) is 11.7. The number of halogens is 2. The van der Waals surface area contributed by atoms with Crippen LogP contribution in [-0.4, -0.2) is 26.0 Å². The highest BCUT2D eigenvalue weighted by Crippen LogP contribution is 2.30. The number of hydrogen-bond donors (Lipinski definition) is 1. The Balaban J connectivity index is 2.45. The van der Waals surface area contributed by atoms with Crippen LogP contribution in [0.25, 0.3) is 0 Å². The standard InChI is InChI=1S/C17H17Cl2NO4S/c1-12-4-6-16(7-5-12)25(23,24)20(8-2-3-17(21)22)15-10-13(18)9-14(19)11-15/h4-7,9-11H,2-3,8H2,1H3,(H,21,22). The normalized spacial score (nSPS) is 11.3. The number of anilines is 1. The summed E-state index contributed by atoms with van der Waals surface area (Å²) < 4.78 is 27.2. The molecule has 134 valence electrons. The number of sulfonamides is 1. The van der Waals surface area contributed by atoms with Crippen LogP contribution in [0.2, 0.25) is 10.0 Å². The molecule has 0 aliphatic carbocycles. The zero-order chi connectivity index (χ0) is 18.6. The Bertz CT molecular complexity index is 846. The zero-order valence-electron chi connectivity index (χ0n) is 13.4. The van der Waals surface area contributed by atoms with E-state index in [2.05, 4.69) is 0 Å². The summed E-state index contributed by atoms with van der Waals surface area (Å²) in [4.78, 5) is 10.9. The van der Waals surface area contributed by atoms with E-state index in [1.165, 1.54) is 30.3 Å². The number of carboxylic acid groups (broad SMARTS) is 1. The maximum Gasteiger partial charge on any atom is 0.303 e. The Labute approximate surface area is 156 Å². The minimum absolute atomic E-state index is 0.000813. The number of aliphatic carboxylic acids is 1. The highest BCUT2D eigenvalue weighted by atomic mass is 35.5. The van der Waals surface area contributed by atoms with E-state index >= 15 is 0 Å². The molecule has 0 aliphatic rings. The summed E-state index contributed by atoms with van der Waals surface area (Å²) in [7, 11) is -3.88. The van der Waals surface area contributed by atoms with E-state index < -0.39 is 16.0 Å². The monoisotopic (exact) mass is 401 g/mol. The first-order valence-corrected chi connectivity index (χ1v) is 9.67. The molecular formula is C17H17Cl2NO4S. The van der Waals surface area contributed by atoms with Crippen LogP contribution in [0.15, 0.2) is 47.4 Å². The van der Waals surface area contributed by atoms with Crippen LogP contribution >= 0.6 is 23.2 Å². The molecule has 0 aromatic heterocycles. The quantitative estimate of drug-likeness (QED) is 0.747. The van der Waals surface area contributed by atoms with Gasteiger partial charge < -0.3 is 5.11 Å². The van der Waals surface area contributed by atoms with Crippen molar-refractivity contribution in [3.8, 4) is 0 Å². The smallest absolute Gasteiger partial charge is 0.303 e. The Morgan fingerprint density at radius 1 is 1.08 bits per heavy atom. The van der Waals surface area contributed by atoms with Gasteiger partial charge in [-0.15, -0.1) is 0 Å². The SMILES string of the molecule is Cc1ccc(S(=O)(=O)N(CCCC(=O)O)c2cc(Cl)cc(Cl)c2)cc1. The maximum absolute atomic E-state index is 13.0. The van der Waals surface area contributed by atoms with Gasteiger partial charge in [-0.1, -0.05) is 40.9 Å². The summed E-state index contributed by atoms with van der Waals surface area (Å²) in [5.41, 5.74) is 1.23. The Morgan fingerprint density at radius 2 is 1.64 bits per heavy atom. The van der Waals surface area contributed by atoms with Gasteiger partial charge in [0, 0.05) is 23.0 Å². The van der Waals surface area contributed by atoms with Crippen molar-refractivity contribution in [3.63, 3.8) is 0 Å². The largest absolute Gasteiger partial charge is 0.481 e. The molecule has 0 atom stereocenters. The van der Waals surface area contributed by atoms with Crippen molar-refractivity contribution in [2.75, 3.05) is 10.8 Å². The predicted molar refractivity (Wildman–Crippen MR) is 99.0 cm³/mol. The molecule has 0 saturated carbocycles. The number of rotatable bonds is 7. The average Bonchev–Trinajstić information content (AvgIpc) is 2.50. The molecule has 0 fully saturated rings. The van der Waals surface area contributed by atoms with Crippen LogP contribution in [0.1, 0.15) is 18.4 Å². The van der Waals surface area contributed by atoms with Crippen molar-refractivity contribution in [2.24, 2.45) is 0 Å². The molecule has 2 aromatic carbocycles. The van der Waals surface area contributed by atoms with Crippen LogP contribution in [-0.2, 0) is 14.8 Å². The van der Waals surface area contributed by atoms with Gasteiger partial charge in [0.2, 0.25) is 0 Å². The fourth-order valence-corrected chi connectivity index (χ4v) is 4.28. The van der Waals surface area contributed by atoms with E-state index in [0.717, 1.165) is 9.87 Å². The average molecular weight is 402 g/mol. The second-order valence-corrected chi connectivity index (χ2v) is 8.25. The third-order valence-electron chi connectivity index (χ3n) is 3.50. The second-order valence-electron chi connectivity index (χ2n) is 5.52. The topological polar surface area (TPSA) is 74.7 Å². The van der Waals surface area contributed by atoms with Crippen LogP contribution in [0.3, 0.4) is 0 Å². The lowest BCUT2D eigenvalue weighted by atomic mass is 10.2. The van der Waals surface area contributed by atoms with E-state index in [1.807, 2.05) is 6.92 Å². The lowest BCUT2D eigenvalue weighted by molar-refractivity contribution is -0.137. The number of aryl methyl sites for hydroxylation is 1. The van der Waals surface area contributed by atoms with Crippen molar-refractivity contribution in [1.29, 1.82) is 0 Å². The van der Waals surface area contributed by atoms with Gasteiger partial charge in [0.25, 0.3) is 10.0 Å². The van der Waals surface area contributed by atoms with E-state index in [9.17, 15) is 13.2 Å². The van der Waals surface area contributed by atoms with Gasteiger partial charge in [-0.2, -0.15) is 0 Å². The van der Waals surface area contributed by atoms with Crippen molar-refractivity contribution in [2.45, 2.75) is 24.7 Å². The summed E-state index contributed by atoms with van der Waals surface area (Å²) in [6.45, 7) is 1.86. The van der Waals surface area contributed by atoms with E-state index in [4.69, 9.17) is 28.3 Å². The molecule has 2 aromatic rings. The summed E-state index contributed by atoms with van der Waals surface area (Å²) in [6, 6.07) is 10.9. The van der Waals surface area contributed by atoms with E-state index in [1.54, 1.807) is 12.1 Å². The molecule has 0 heterocycles. The van der Waals surface area contributed by atoms with Gasteiger partial charge in [0.05, 0.1) is 10.6 Å². The molecule has 0 bridgehead atoms. The molecule has 1 N–H and O–H groups in total. The summed E-state index contributed by atoms with van der Waals surface area (Å²) in [5.74, 6) is -0.989. The number of carboxylic acids is 1. The van der Waals surface area contributed by atoms with E-state index in [0.29, 0.717) is 15.7 Å². The van der Waals surface area contributed by atoms with Gasteiger partial charge >= 0.3 is 5.97 Å². The fraction of sp³-hybridized carbons (Fsp3) is 0.235. The molecule has 25 heavy (non-hydrogen) atoms. The molecule has 8 heteroatoms. The van der Waals surface area contributed by atoms with Crippen LogP contribution in [0.4, 0.5) is 5.69 Å². The Hall–Kier alpha value is -1.76. The second kappa shape index (κ2) is 8.08. The number of nitrogens with zero attached hydrogens (tertiary/aromatic N) is 1. The summed E-state index contributed by atoms with van der Waals surface area (Å²) in [5, 5.41) is 9.42. The van der Waals surface area contributed by atoms with Gasteiger partial charge in [0.1, 0.15) is 0 Å². The molecule has 5 nitrogen and oxygen atoms in total. The van der Waals surface area contributed by atoms with Gasteiger partial charge in [0.15, 0.2) is 0 Å². The van der Waals surface area contributed by atoms with Gasteiger partial charge in [-0.25, -0.2) is 8.42 Å². The number of carbonyl (C=O) groups is 1. The van der Waals surface area contributed by atoms with Crippen LogP contribution in [0, 0.1) is 6.92 Å². The van der Waals surface area contributed by atoms with Gasteiger partial charge in [-0.05, 0) is 43.7 Å². The third-order valence-corrected chi connectivity index (χ3v) is 5.77. The molecule has 2 rings (SSSR count). The predicted octanol–water partition coefficient (Wildman–Crippen LogP) is 4.36. The van der Waals surface area contributed by atoms with Crippen molar-refractivity contribution in [3.05, 3.63) is 58.1 Å². The molecule has 0 amide bonds. The molecule has 0 spiro atoms. The third kappa shape index (κ3) is 5.11. The lowest BCUT2D eigenvalue weighted by Crippen LogP contribution is -2.32. The summed E-state index contributed by atoms with van der Waals surface area (Å²) in [6.07, 6.45) is 0.0127.